The Kier molecular flexibility index (Phi) is 6.71. The molecule has 1 aliphatic heterocycles. The molecule has 1 saturated heterocycles. The van der Waals surface area contributed by atoms with Crippen molar-refractivity contribution in [1.29, 1.82) is 0 Å². The Labute approximate surface area is 154 Å². The summed E-state index contributed by atoms with van der Waals surface area (Å²) < 4.78 is 20.9. The van der Waals surface area contributed by atoms with E-state index < -0.39 is 5.97 Å². The molecule has 0 spiro atoms. The summed E-state index contributed by atoms with van der Waals surface area (Å²) >= 11 is 0. The summed E-state index contributed by atoms with van der Waals surface area (Å²) in [5.74, 6) is 0.281. The lowest BCUT2D eigenvalue weighted by atomic mass is 9.97. The van der Waals surface area contributed by atoms with Crippen LogP contribution >= 0.6 is 0 Å². The molecule has 0 N–H and O–H groups in total. The molecule has 7 heteroatoms. The van der Waals surface area contributed by atoms with Gasteiger partial charge in [0.1, 0.15) is 11.3 Å². The first-order valence-electron chi connectivity index (χ1n) is 8.71. The van der Waals surface area contributed by atoms with Crippen molar-refractivity contribution >= 4 is 11.9 Å². The van der Waals surface area contributed by atoms with E-state index in [4.69, 9.17) is 18.9 Å². The monoisotopic (exact) mass is 365 g/mol. The molecule has 2 rings (SSSR count). The lowest BCUT2D eigenvalue weighted by Gasteiger charge is -2.38. The number of carbonyl (C=O) groups is 2. The maximum atomic E-state index is 12.5. The van der Waals surface area contributed by atoms with E-state index >= 15 is 0 Å². The number of benzene rings is 1. The Hall–Kier alpha value is -2.44. The van der Waals surface area contributed by atoms with Gasteiger partial charge in [0.15, 0.2) is 18.1 Å². The zero-order chi connectivity index (χ0) is 19.3. The Bertz CT molecular complexity index is 650. The molecular weight excluding hydrogens is 338 g/mol. The third-order valence-electron chi connectivity index (χ3n) is 4.73. The Morgan fingerprint density at radius 1 is 0.962 bits per heavy atom. The number of carbonyl (C=O) groups excluding carboxylic acids is 2. The number of ether oxygens (including phenoxy) is 4. The third kappa shape index (κ3) is 4.20. The predicted octanol–water partition coefficient (Wildman–Crippen LogP) is 2.66. The van der Waals surface area contributed by atoms with E-state index in [0.29, 0.717) is 17.2 Å². The van der Waals surface area contributed by atoms with E-state index in [1.54, 1.807) is 6.07 Å². The largest absolute Gasteiger partial charge is 0.496 e. The normalized spacial score (nSPS) is 19.7. The van der Waals surface area contributed by atoms with Crippen molar-refractivity contribution in [2.75, 3.05) is 27.9 Å². The van der Waals surface area contributed by atoms with Gasteiger partial charge >= 0.3 is 5.97 Å². The molecule has 0 aliphatic carbocycles. The fraction of sp³-hybridized carbons (Fsp3) is 0.579. The minimum absolute atomic E-state index is 0.153. The molecule has 1 amide bonds. The number of methoxy groups -OCH3 is 3. The van der Waals surface area contributed by atoms with Crippen LogP contribution in [-0.4, -0.2) is 56.8 Å². The van der Waals surface area contributed by atoms with E-state index in [1.807, 2.05) is 18.7 Å². The first-order valence-corrected chi connectivity index (χ1v) is 8.71. The number of hydrogen-bond donors (Lipinski definition) is 0. The SMILES string of the molecule is COc1cc(OC)c(C(=O)OCC(=O)N2[C@H](C)CCC[C@@H]2C)cc1OC. The minimum atomic E-state index is -0.645. The highest BCUT2D eigenvalue weighted by molar-refractivity contribution is 5.95. The van der Waals surface area contributed by atoms with Gasteiger partial charge in [-0.2, -0.15) is 0 Å². The van der Waals surface area contributed by atoms with Crippen LogP contribution in [0.4, 0.5) is 0 Å². The molecule has 0 aromatic heterocycles. The van der Waals surface area contributed by atoms with Gasteiger partial charge in [0.25, 0.3) is 5.91 Å². The van der Waals surface area contributed by atoms with Gasteiger partial charge in [0.05, 0.1) is 21.3 Å². The van der Waals surface area contributed by atoms with Crippen LogP contribution < -0.4 is 14.2 Å². The molecule has 0 bridgehead atoms. The van der Waals surface area contributed by atoms with Crippen molar-refractivity contribution in [3.63, 3.8) is 0 Å². The smallest absolute Gasteiger partial charge is 0.342 e. The van der Waals surface area contributed by atoms with E-state index in [0.717, 1.165) is 19.3 Å². The molecular formula is C19H27NO6. The average Bonchev–Trinajstić information content (AvgIpc) is 2.64. The molecule has 0 saturated carbocycles. The molecule has 26 heavy (non-hydrogen) atoms. The number of nitrogens with zero attached hydrogens (tertiary/aromatic N) is 1. The summed E-state index contributed by atoms with van der Waals surface area (Å²) in [5, 5.41) is 0. The molecule has 1 aromatic rings. The number of rotatable bonds is 6. The van der Waals surface area contributed by atoms with E-state index in [1.165, 1.54) is 27.4 Å². The molecule has 144 valence electrons. The average molecular weight is 365 g/mol. The third-order valence-corrected chi connectivity index (χ3v) is 4.73. The van der Waals surface area contributed by atoms with Crippen molar-refractivity contribution in [3.8, 4) is 17.2 Å². The number of likely N-dealkylation sites (tertiary alicyclic amines) is 1. The van der Waals surface area contributed by atoms with Gasteiger partial charge in [-0.3, -0.25) is 4.79 Å². The fourth-order valence-electron chi connectivity index (χ4n) is 3.38. The van der Waals surface area contributed by atoms with E-state index in [2.05, 4.69) is 0 Å². The van der Waals surface area contributed by atoms with Gasteiger partial charge in [0.2, 0.25) is 0 Å². The molecule has 1 fully saturated rings. The van der Waals surface area contributed by atoms with Crippen LogP contribution in [0.5, 0.6) is 17.2 Å². The number of amides is 1. The number of hydrogen-bond acceptors (Lipinski definition) is 6. The summed E-state index contributed by atoms with van der Waals surface area (Å²) in [7, 11) is 4.41. The first kappa shape index (κ1) is 19.9. The van der Waals surface area contributed by atoms with Crippen LogP contribution in [-0.2, 0) is 9.53 Å². The highest BCUT2D eigenvalue weighted by atomic mass is 16.5. The zero-order valence-electron chi connectivity index (χ0n) is 16.0. The molecule has 1 aromatic carbocycles. The molecule has 2 atom stereocenters. The molecule has 0 radical (unpaired) electrons. The van der Waals surface area contributed by atoms with Gasteiger partial charge in [-0.15, -0.1) is 0 Å². The van der Waals surface area contributed by atoms with Gasteiger partial charge in [-0.25, -0.2) is 4.79 Å². The van der Waals surface area contributed by atoms with Crippen LogP contribution in [0.25, 0.3) is 0 Å². The van der Waals surface area contributed by atoms with E-state index in [-0.39, 0.29) is 30.2 Å². The summed E-state index contributed by atoms with van der Waals surface area (Å²) in [5.41, 5.74) is 0.178. The number of piperidine rings is 1. The summed E-state index contributed by atoms with van der Waals surface area (Å²) in [4.78, 5) is 26.8. The van der Waals surface area contributed by atoms with Gasteiger partial charge in [0, 0.05) is 24.2 Å². The van der Waals surface area contributed by atoms with Crippen LogP contribution in [0, 0.1) is 0 Å². The summed E-state index contributed by atoms with van der Waals surface area (Å²) in [6.07, 6.45) is 3.04. The maximum absolute atomic E-state index is 12.5. The Morgan fingerprint density at radius 2 is 1.50 bits per heavy atom. The second-order valence-electron chi connectivity index (χ2n) is 6.41. The molecule has 1 aliphatic rings. The van der Waals surface area contributed by atoms with Gasteiger partial charge in [-0.05, 0) is 33.1 Å². The van der Waals surface area contributed by atoms with Crippen LogP contribution in [0.2, 0.25) is 0 Å². The van der Waals surface area contributed by atoms with Crippen molar-refractivity contribution in [1.82, 2.24) is 4.90 Å². The van der Waals surface area contributed by atoms with Crippen molar-refractivity contribution in [2.45, 2.75) is 45.2 Å². The molecule has 1 heterocycles. The second kappa shape index (κ2) is 8.78. The summed E-state index contributed by atoms with van der Waals surface area (Å²) in [6, 6.07) is 3.34. The highest BCUT2D eigenvalue weighted by Crippen LogP contribution is 2.35. The topological polar surface area (TPSA) is 74.3 Å². The zero-order valence-corrected chi connectivity index (χ0v) is 16.0. The maximum Gasteiger partial charge on any atom is 0.342 e. The van der Waals surface area contributed by atoms with Crippen LogP contribution in [0.15, 0.2) is 12.1 Å². The van der Waals surface area contributed by atoms with Crippen molar-refractivity contribution < 1.29 is 28.5 Å². The lowest BCUT2D eigenvalue weighted by Crippen LogP contribution is -2.49. The quantitative estimate of drug-likeness (QED) is 0.722. The predicted molar refractivity (Wildman–Crippen MR) is 96.0 cm³/mol. The molecule has 0 unspecified atom stereocenters. The van der Waals surface area contributed by atoms with Crippen LogP contribution in [0.3, 0.4) is 0 Å². The standard InChI is InChI=1S/C19H27NO6/c1-12-7-6-8-13(2)20(12)18(21)11-26-19(22)14-9-16(24-4)17(25-5)10-15(14)23-3/h9-10,12-13H,6-8,11H2,1-5H3/t12-,13+. The number of esters is 1. The van der Waals surface area contributed by atoms with Crippen molar-refractivity contribution in [3.05, 3.63) is 17.7 Å². The Balaban J connectivity index is 2.11. The summed E-state index contributed by atoms with van der Waals surface area (Å²) in [6.45, 7) is 3.74. The second-order valence-corrected chi connectivity index (χ2v) is 6.41. The van der Waals surface area contributed by atoms with Crippen molar-refractivity contribution in [2.24, 2.45) is 0 Å². The van der Waals surface area contributed by atoms with E-state index in [9.17, 15) is 9.59 Å². The lowest BCUT2D eigenvalue weighted by molar-refractivity contribution is -0.140. The van der Waals surface area contributed by atoms with Gasteiger partial charge < -0.3 is 23.8 Å². The Morgan fingerprint density at radius 3 is 2.04 bits per heavy atom. The van der Waals surface area contributed by atoms with Gasteiger partial charge in [-0.1, -0.05) is 0 Å². The minimum Gasteiger partial charge on any atom is -0.496 e. The fourth-order valence-corrected chi connectivity index (χ4v) is 3.38. The van der Waals surface area contributed by atoms with Crippen LogP contribution in [0.1, 0.15) is 43.5 Å². The molecule has 7 nitrogen and oxygen atoms in total. The first-order chi connectivity index (χ1) is 12.4. The highest BCUT2D eigenvalue weighted by Gasteiger charge is 2.30.